The fourth-order valence-electron chi connectivity index (χ4n) is 3.18. The van der Waals surface area contributed by atoms with E-state index in [-0.39, 0.29) is 34.8 Å². The Balaban J connectivity index is 1.79. The van der Waals surface area contributed by atoms with Crippen LogP contribution in [-0.2, 0) is 20.7 Å². The number of hydrogen-bond donors (Lipinski definition) is 7. The summed E-state index contributed by atoms with van der Waals surface area (Å²) in [5.74, 6) is -4.82. The lowest BCUT2D eigenvalue weighted by Crippen LogP contribution is -2.28. The first-order valence-corrected chi connectivity index (χ1v) is 10.4. The van der Waals surface area contributed by atoms with Gasteiger partial charge >= 0.3 is 11.9 Å². The number of carbonyl (C=O) groups is 2. The molecule has 186 valence electrons. The van der Waals surface area contributed by atoms with Crippen LogP contribution in [0.2, 0.25) is 0 Å². The Morgan fingerprint density at radius 1 is 0.750 bits per heavy atom. The highest BCUT2D eigenvalue weighted by Gasteiger charge is 2.22. The number of phenols is 6. The van der Waals surface area contributed by atoms with E-state index in [2.05, 4.69) is 0 Å². The normalized spacial score (nSPS) is 12.1. The number of benzene rings is 3. The first-order chi connectivity index (χ1) is 17.0. The lowest BCUT2D eigenvalue weighted by atomic mass is 10.0. The number of esters is 1. The molecule has 10 nitrogen and oxygen atoms in total. The molecule has 0 aliphatic heterocycles. The Kier molecular flexibility index (Phi) is 7.70. The standard InChI is InChI=1S/C26H22O10/c27-18-7-2-14(11-21(18)30)1-6-17-16(4-9-20(29)25(17)33)5-10-24(32)36-23(26(34)35)13-15-3-8-19(28)22(31)12-15/h1-12,23,27-31,33H,13H2,(H,34,35)/b6-1+,10-5-. The summed E-state index contributed by atoms with van der Waals surface area (Å²) in [7, 11) is 0. The van der Waals surface area contributed by atoms with Crippen LogP contribution in [0.25, 0.3) is 18.2 Å². The number of phenolic OH excluding ortho intramolecular Hbond substituents is 6. The van der Waals surface area contributed by atoms with Gasteiger partial charge in [0.05, 0.1) is 0 Å². The molecule has 36 heavy (non-hydrogen) atoms. The zero-order valence-electron chi connectivity index (χ0n) is 18.6. The number of carboxylic acid groups (broad SMARTS) is 1. The third-order valence-electron chi connectivity index (χ3n) is 5.07. The molecule has 0 saturated carbocycles. The van der Waals surface area contributed by atoms with Gasteiger partial charge in [-0.1, -0.05) is 24.3 Å². The molecule has 0 aromatic heterocycles. The van der Waals surface area contributed by atoms with E-state index in [1.807, 2.05) is 0 Å². The van der Waals surface area contributed by atoms with E-state index in [0.717, 1.165) is 12.1 Å². The van der Waals surface area contributed by atoms with Crippen LogP contribution in [0.4, 0.5) is 0 Å². The van der Waals surface area contributed by atoms with Crippen molar-refractivity contribution in [1.29, 1.82) is 0 Å². The molecule has 0 heterocycles. The predicted octanol–water partition coefficient (Wildman–Crippen LogP) is 3.34. The monoisotopic (exact) mass is 494 g/mol. The van der Waals surface area contributed by atoms with Gasteiger partial charge in [0, 0.05) is 18.1 Å². The van der Waals surface area contributed by atoms with Crippen LogP contribution in [0.1, 0.15) is 22.3 Å². The number of aromatic hydroxyl groups is 6. The number of ether oxygens (including phenoxy) is 1. The number of aliphatic carboxylic acids is 1. The van der Waals surface area contributed by atoms with Crippen molar-refractivity contribution in [2.75, 3.05) is 0 Å². The summed E-state index contributed by atoms with van der Waals surface area (Å²) >= 11 is 0. The summed E-state index contributed by atoms with van der Waals surface area (Å²) in [4.78, 5) is 23.9. The Bertz CT molecular complexity index is 1360. The van der Waals surface area contributed by atoms with Gasteiger partial charge in [-0.05, 0) is 59.2 Å². The van der Waals surface area contributed by atoms with Crippen molar-refractivity contribution in [1.82, 2.24) is 0 Å². The Hall–Kier alpha value is -5.12. The average Bonchev–Trinajstić information content (AvgIpc) is 2.83. The number of carboxylic acids is 1. The van der Waals surface area contributed by atoms with E-state index >= 15 is 0 Å². The van der Waals surface area contributed by atoms with Gasteiger partial charge in [0.15, 0.2) is 34.5 Å². The fraction of sp³-hybridized carbons (Fsp3) is 0.0769. The SMILES string of the molecule is O=C(/C=C\c1ccc(O)c(O)c1/C=C/c1ccc(O)c(O)c1)OC(Cc1ccc(O)c(O)c1)C(=O)O. The maximum atomic E-state index is 12.3. The molecule has 0 bridgehead atoms. The van der Waals surface area contributed by atoms with Crippen molar-refractivity contribution in [2.45, 2.75) is 12.5 Å². The molecule has 0 fully saturated rings. The summed E-state index contributed by atoms with van der Waals surface area (Å²) in [6.07, 6.45) is 3.23. The van der Waals surface area contributed by atoms with E-state index in [0.29, 0.717) is 11.1 Å². The molecule has 1 atom stereocenters. The van der Waals surface area contributed by atoms with E-state index in [4.69, 9.17) is 4.74 Å². The van der Waals surface area contributed by atoms with Crippen molar-refractivity contribution in [3.8, 4) is 34.5 Å². The molecule has 0 amide bonds. The molecule has 3 aromatic carbocycles. The molecule has 3 aromatic rings. The zero-order chi connectivity index (χ0) is 26.4. The highest BCUT2D eigenvalue weighted by Crippen LogP contribution is 2.34. The van der Waals surface area contributed by atoms with Gasteiger partial charge < -0.3 is 40.5 Å². The molecular formula is C26H22O10. The Labute approximate surface area is 204 Å². The predicted molar refractivity (Wildman–Crippen MR) is 128 cm³/mol. The highest BCUT2D eigenvalue weighted by atomic mass is 16.6. The molecular weight excluding hydrogens is 472 g/mol. The molecule has 7 N–H and O–H groups in total. The second-order valence-electron chi connectivity index (χ2n) is 7.64. The lowest BCUT2D eigenvalue weighted by Gasteiger charge is -2.13. The van der Waals surface area contributed by atoms with Crippen LogP contribution in [0.15, 0.2) is 54.6 Å². The fourth-order valence-corrected chi connectivity index (χ4v) is 3.18. The summed E-state index contributed by atoms with van der Waals surface area (Å²) in [5, 5.41) is 67.5. The molecule has 1 unspecified atom stereocenters. The largest absolute Gasteiger partial charge is 0.504 e. The average molecular weight is 494 g/mol. The summed E-state index contributed by atoms with van der Waals surface area (Å²) in [6, 6.07) is 10.4. The van der Waals surface area contributed by atoms with Crippen LogP contribution < -0.4 is 0 Å². The number of carbonyl (C=O) groups excluding carboxylic acids is 1. The van der Waals surface area contributed by atoms with Gasteiger partial charge in [-0.2, -0.15) is 0 Å². The Morgan fingerprint density at radius 3 is 2.03 bits per heavy atom. The summed E-state index contributed by atoms with van der Waals surface area (Å²) < 4.78 is 5.00. The molecule has 0 aliphatic rings. The quantitative estimate of drug-likeness (QED) is 0.106. The van der Waals surface area contributed by atoms with Crippen LogP contribution in [0, 0.1) is 0 Å². The van der Waals surface area contributed by atoms with E-state index in [1.165, 1.54) is 60.7 Å². The van der Waals surface area contributed by atoms with Crippen LogP contribution in [0.5, 0.6) is 34.5 Å². The van der Waals surface area contributed by atoms with Crippen LogP contribution in [-0.4, -0.2) is 53.8 Å². The van der Waals surface area contributed by atoms with Gasteiger partial charge in [-0.15, -0.1) is 0 Å². The van der Waals surface area contributed by atoms with Gasteiger partial charge in [-0.25, -0.2) is 9.59 Å². The van der Waals surface area contributed by atoms with Crippen molar-refractivity contribution in [3.63, 3.8) is 0 Å². The molecule has 0 aliphatic carbocycles. The second kappa shape index (κ2) is 10.9. The van der Waals surface area contributed by atoms with Crippen molar-refractivity contribution in [3.05, 3.63) is 76.9 Å². The topological polar surface area (TPSA) is 185 Å². The van der Waals surface area contributed by atoms with Gasteiger partial charge in [0.1, 0.15) is 0 Å². The van der Waals surface area contributed by atoms with Crippen molar-refractivity contribution in [2.24, 2.45) is 0 Å². The van der Waals surface area contributed by atoms with Gasteiger partial charge in [-0.3, -0.25) is 0 Å². The number of rotatable bonds is 8. The van der Waals surface area contributed by atoms with Crippen LogP contribution in [0.3, 0.4) is 0 Å². The lowest BCUT2D eigenvalue weighted by molar-refractivity contribution is -0.160. The molecule has 0 saturated heterocycles. The maximum absolute atomic E-state index is 12.3. The Morgan fingerprint density at radius 2 is 1.39 bits per heavy atom. The minimum Gasteiger partial charge on any atom is -0.504 e. The van der Waals surface area contributed by atoms with Gasteiger partial charge in [0.2, 0.25) is 6.10 Å². The van der Waals surface area contributed by atoms with Crippen molar-refractivity contribution >= 4 is 30.2 Å². The second-order valence-corrected chi connectivity index (χ2v) is 7.64. The first-order valence-electron chi connectivity index (χ1n) is 10.4. The molecule has 3 rings (SSSR count). The van der Waals surface area contributed by atoms with E-state index in [9.17, 15) is 45.3 Å². The van der Waals surface area contributed by atoms with E-state index < -0.39 is 35.3 Å². The smallest absolute Gasteiger partial charge is 0.345 e. The van der Waals surface area contributed by atoms with Gasteiger partial charge in [0.25, 0.3) is 0 Å². The minimum atomic E-state index is -1.58. The van der Waals surface area contributed by atoms with Crippen molar-refractivity contribution < 1.29 is 50.1 Å². The van der Waals surface area contributed by atoms with Crippen LogP contribution >= 0.6 is 0 Å². The minimum absolute atomic E-state index is 0.112. The third kappa shape index (κ3) is 6.26. The molecule has 10 heteroatoms. The number of hydrogen-bond acceptors (Lipinski definition) is 9. The maximum Gasteiger partial charge on any atom is 0.345 e. The third-order valence-corrected chi connectivity index (χ3v) is 5.07. The molecule has 0 radical (unpaired) electrons. The highest BCUT2D eigenvalue weighted by molar-refractivity contribution is 5.91. The first kappa shape index (κ1) is 25.5. The summed E-state index contributed by atoms with van der Waals surface area (Å²) in [5.41, 5.74) is 1.16. The van der Waals surface area contributed by atoms with E-state index in [1.54, 1.807) is 0 Å². The molecule has 0 spiro atoms. The zero-order valence-corrected chi connectivity index (χ0v) is 18.6. The summed E-state index contributed by atoms with van der Waals surface area (Å²) in [6.45, 7) is 0.